The largest absolute Gasteiger partial charge is 0.386 e. The van der Waals surface area contributed by atoms with Crippen molar-refractivity contribution in [3.05, 3.63) is 42.1 Å². The highest BCUT2D eigenvalue weighted by molar-refractivity contribution is 6.06. The quantitative estimate of drug-likeness (QED) is 0.930. The first-order valence-corrected chi connectivity index (χ1v) is 6.98. The first-order valence-electron chi connectivity index (χ1n) is 6.98. The maximum Gasteiger partial charge on any atom is 0.254 e. The topological polar surface area (TPSA) is 53.4 Å². The van der Waals surface area contributed by atoms with Gasteiger partial charge in [-0.1, -0.05) is 31.5 Å². The highest BCUT2D eigenvalue weighted by Gasteiger charge is 2.43. The van der Waals surface area contributed by atoms with Gasteiger partial charge in [-0.25, -0.2) is 0 Å². The number of β-amino-alcohol motifs (C(OH)–C–C–N with tert-alkyl or cyclic N) is 1. The number of aliphatic hydroxyl groups is 1. The van der Waals surface area contributed by atoms with Gasteiger partial charge in [0.1, 0.15) is 0 Å². The van der Waals surface area contributed by atoms with Gasteiger partial charge in [-0.05, 0) is 18.6 Å². The number of carbonyl (C=O) groups is 1. The van der Waals surface area contributed by atoms with Crippen LogP contribution in [0.4, 0.5) is 0 Å². The lowest BCUT2D eigenvalue weighted by Crippen LogP contribution is -2.63. The number of para-hydroxylation sites is 1. The molecule has 0 aliphatic carbocycles. The lowest BCUT2D eigenvalue weighted by Gasteiger charge is -2.46. The molecule has 2 aromatic rings. The summed E-state index contributed by atoms with van der Waals surface area (Å²) < 4.78 is 0. The minimum Gasteiger partial charge on any atom is -0.386 e. The average Bonchev–Trinajstić information content (AvgIpc) is 2.43. The van der Waals surface area contributed by atoms with Gasteiger partial charge in [-0.15, -0.1) is 0 Å². The van der Waals surface area contributed by atoms with Gasteiger partial charge in [0.05, 0.1) is 29.8 Å². The summed E-state index contributed by atoms with van der Waals surface area (Å²) in [5, 5.41) is 11.0. The van der Waals surface area contributed by atoms with Gasteiger partial charge in [0.25, 0.3) is 5.91 Å². The van der Waals surface area contributed by atoms with Crippen LogP contribution in [0, 0.1) is 0 Å². The van der Waals surface area contributed by atoms with E-state index in [1.807, 2.05) is 31.2 Å². The van der Waals surface area contributed by atoms with Crippen molar-refractivity contribution in [1.29, 1.82) is 0 Å². The summed E-state index contributed by atoms with van der Waals surface area (Å²) in [6, 6.07) is 9.38. The fraction of sp³-hybridized carbons (Fsp3) is 0.375. The lowest BCUT2D eigenvalue weighted by molar-refractivity contribution is -0.0859. The average molecular weight is 270 g/mol. The molecule has 2 heterocycles. The van der Waals surface area contributed by atoms with Crippen molar-refractivity contribution < 1.29 is 9.90 Å². The number of carbonyl (C=O) groups excluding carboxylic acids is 1. The van der Waals surface area contributed by atoms with Crippen LogP contribution in [-0.2, 0) is 0 Å². The van der Waals surface area contributed by atoms with Crippen LogP contribution in [-0.4, -0.2) is 39.6 Å². The second-order valence-corrected chi connectivity index (χ2v) is 5.51. The predicted molar refractivity (Wildman–Crippen MR) is 77.5 cm³/mol. The number of likely N-dealkylation sites (tertiary alicyclic amines) is 1. The van der Waals surface area contributed by atoms with E-state index in [0.29, 0.717) is 18.7 Å². The van der Waals surface area contributed by atoms with Crippen molar-refractivity contribution in [3.8, 4) is 0 Å². The molecule has 1 aliphatic heterocycles. The van der Waals surface area contributed by atoms with Crippen LogP contribution in [0.1, 0.15) is 30.1 Å². The van der Waals surface area contributed by atoms with Gasteiger partial charge in [0, 0.05) is 11.6 Å². The molecule has 0 unspecified atom stereocenters. The third kappa shape index (κ3) is 2.16. The third-order valence-electron chi connectivity index (χ3n) is 3.85. The molecule has 0 radical (unpaired) electrons. The minimum absolute atomic E-state index is 0.0237. The number of pyridine rings is 1. The maximum absolute atomic E-state index is 12.5. The zero-order valence-corrected chi connectivity index (χ0v) is 11.5. The van der Waals surface area contributed by atoms with Crippen LogP contribution in [0.5, 0.6) is 0 Å². The molecular weight excluding hydrogens is 252 g/mol. The molecule has 0 saturated carbocycles. The van der Waals surface area contributed by atoms with Gasteiger partial charge >= 0.3 is 0 Å². The monoisotopic (exact) mass is 270 g/mol. The Bertz CT molecular complexity index is 642. The zero-order chi connectivity index (χ0) is 14.2. The minimum atomic E-state index is -0.687. The number of hydrogen-bond donors (Lipinski definition) is 1. The van der Waals surface area contributed by atoms with E-state index in [1.165, 1.54) is 0 Å². The molecular formula is C16H18N2O2. The van der Waals surface area contributed by atoms with Crippen molar-refractivity contribution >= 4 is 16.8 Å². The fourth-order valence-electron chi connectivity index (χ4n) is 2.88. The van der Waals surface area contributed by atoms with Crippen LogP contribution in [0.15, 0.2) is 36.5 Å². The zero-order valence-electron chi connectivity index (χ0n) is 11.5. The molecule has 0 spiro atoms. The normalized spacial score (nSPS) is 17.0. The molecule has 4 heteroatoms. The summed E-state index contributed by atoms with van der Waals surface area (Å²) in [6.07, 6.45) is 3.33. The van der Waals surface area contributed by atoms with E-state index >= 15 is 0 Å². The van der Waals surface area contributed by atoms with Crippen molar-refractivity contribution in [3.63, 3.8) is 0 Å². The Kier molecular flexibility index (Phi) is 3.18. The first kappa shape index (κ1) is 13.1. The van der Waals surface area contributed by atoms with Crippen LogP contribution in [0.25, 0.3) is 10.9 Å². The number of fused-ring (bicyclic) bond motifs is 1. The molecule has 1 fully saturated rings. The van der Waals surface area contributed by atoms with Crippen LogP contribution >= 0.6 is 0 Å². The van der Waals surface area contributed by atoms with Gasteiger partial charge in [-0.3, -0.25) is 9.78 Å². The standard InChI is InChI=1S/C16H18N2O2/c1-2-8-16(20)10-18(11-16)15(19)13-7-9-17-14-6-4-3-5-12(13)14/h3-7,9,20H,2,8,10-11H2,1H3. The van der Waals surface area contributed by atoms with Crippen LogP contribution < -0.4 is 0 Å². The van der Waals surface area contributed by atoms with E-state index in [9.17, 15) is 9.90 Å². The number of rotatable bonds is 3. The van der Waals surface area contributed by atoms with Gasteiger partial charge in [-0.2, -0.15) is 0 Å². The Morgan fingerprint density at radius 3 is 2.85 bits per heavy atom. The highest BCUT2D eigenvalue weighted by Crippen LogP contribution is 2.28. The molecule has 1 aromatic heterocycles. The Hall–Kier alpha value is -1.94. The smallest absolute Gasteiger partial charge is 0.254 e. The van der Waals surface area contributed by atoms with E-state index < -0.39 is 5.60 Å². The van der Waals surface area contributed by atoms with Crippen LogP contribution in [0.3, 0.4) is 0 Å². The number of amides is 1. The first-order chi connectivity index (χ1) is 9.63. The number of nitrogens with zero attached hydrogens (tertiary/aromatic N) is 2. The molecule has 4 nitrogen and oxygen atoms in total. The summed E-state index contributed by atoms with van der Waals surface area (Å²) in [5.74, 6) is -0.0237. The van der Waals surface area contributed by atoms with Gasteiger partial charge in [0.15, 0.2) is 0 Å². The molecule has 1 amide bonds. The Morgan fingerprint density at radius 1 is 1.35 bits per heavy atom. The van der Waals surface area contributed by atoms with E-state index in [0.717, 1.165) is 23.7 Å². The fourth-order valence-corrected chi connectivity index (χ4v) is 2.88. The summed E-state index contributed by atoms with van der Waals surface area (Å²) in [4.78, 5) is 18.5. The van der Waals surface area contributed by atoms with Crippen molar-refractivity contribution in [2.45, 2.75) is 25.4 Å². The molecule has 0 bridgehead atoms. The van der Waals surface area contributed by atoms with E-state index in [1.54, 1.807) is 17.2 Å². The molecule has 0 atom stereocenters. The predicted octanol–water partition coefficient (Wildman–Crippen LogP) is 2.22. The molecule has 20 heavy (non-hydrogen) atoms. The summed E-state index contributed by atoms with van der Waals surface area (Å²) in [5.41, 5.74) is 0.796. The third-order valence-corrected chi connectivity index (χ3v) is 3.85. The number of aromatic nitrogens is 1. The van der Waals surface area contributed by atoms with Crippen LogP contribution in [0.2, 0.25) is 0 Å². The summed E-state index contributed by atoms with van der Waals surface area (Å²) >= 11 is 0. The Balaban J connectivity index is 1.84. The Labute approximate surface area is 118 Å². The molecule has 1 aromatic carbocycles. The van der Waals surface area contributed by atoms with Crippen molar-refractivity contribution in [2.24, 2.45) is 0 Å². The molecule has 1 aliphatic rings. The molecule has 3 rings (SSSR count). The maximum atomic E-state index is 12.5. The van der Waals surface area contributed by atoms with Gasteiger partial charge in [0.2, 0.25) is 0 Å². The SMILES string of the molecule is CCCC1(O)CN(C(=O)c2ccnc3ccccc23)C1. The molecule has 1 saturated heterocycles. The van der Waals surface area contributed by atoms with E-state index in [4.69, 9.17) is 0 Å². The molecule has 104 valence electrons. The van der Waals surface area contributed by atoms with Crippen molar-refractivity contribution in [2.75, 3.05) is 13.1 Å². The van der Waals surface area contributed by atoms with Gasteiger partial charge < -0.3 is 10.0 Å². The second-order valence-electron chi connectivity index (χ2n) is 5.51. The van der Waals surface area contributed by atoms with Crippen molar-refractivity contribution in [1.82, 2.24) is 9.88 Å². The summed E-state index contributed by atoms with van der Waals surface area (Å²) in [6.45, 7) is 2.89. The summed E-state index contributed by atoms with van der Waals surface area (Å²) in [7, 11) is 0. The van der Waals surface area contributed by atoms with E-state index in [2.05, 4.69) is 4.98 Å². The highest BCUT2D eigenvalue weighted by atomic mass is 16.3. The molecule has 1 N–H and O–H groups in total. The second kappa shape index (κ2) is 4.87. The Morgan fingerprint density at radius 2 is 2.10 bits per heavy atom. The number of benzene rings is 1. The van der Waals surface area contributed by atoms with E-state index in [-0.39, 0.29) is 5.91 Å². The lowest BCUT2D eigenvalue weighted by atomic mass is 9.88. The number of hydrogen-bond acceptors (Lipinski definition) is 3.